The van der Waals surface area contributed by atoms with E-state index in [-0.39, 0.29) is 17.5 Å². The first-order chi connectivity index (χ1) is 17.2. The van der Waals surface area contributed by atoms with Gasteiger partial charge in [-0.1, -0.05) is 48.5 Å². The number of rotatable bonds is 7. The smallest absolute Gasteiger partial charge is 0.340 e. The summed E-state index contributed by atoms with van der Waals surface area (Å²) in [6.07, 6.45) is -15.6. The molecule has 1 aliphatic heterocycles. The molecule has 0 saturated carbocycles. The van der Waals surface area contributed by atoms with Gasteiger partial charge in [0.1, 0.15) is 11.6 Å². The molecule has 10 heteroatoms. The van der Waals surface area contributed by atoms with Crippen molar-refractivity contribution in [1.82, 2.24) is 0 Å². The van der Waals surface area contributed by atoms with Crippen molar-refractivity contribution in [3.63, 3.8) is 0 Å². The molecule has 1 unspecified atom stereocenters. The van der Waals surface area contributed by atoms with Crippen LogP contribution in [-0.2, 0) is 21.4 Å². The fourth-order valence-corrected chi connectivity index (χ4v) is 4.79. The summed E-state index contributed by atoms with van der Waals surface area (Å²) in [5, 5.41) is 0. The molecule has 4 rings (SSSR count). The van der Waals surface area contributed by atoms with Crippen LogP contribution in [0.5, 0.6) is 0 Å². The zero-order valence-electron chi connectivity index (χ0n) is 19.3. The highest BCUT2D eigenvalue weighted by Crippen LogP contribution is 2.60. The fraction of sp³-hybridized carbons (Fsp3) is 0.296. The van der Waals surface area contributed by atoms with Crippen LogP contribution in [0.15, 0.2) is 72.8 Å². The molecule has 1 aliphatic rings. The first-order valence-electron chi connectivity index (χ1n) is 11.1. The van der Waals surface area contributed by atoms with Gasteiger partial charge in [-0.05, 0) is 59.9 Å². The van der Waals surface area contributed by atoms with Crippen LogP contribution in [0.4, 0.5) is 35.1 Å². The summed E-state index contributed by atoms with van der Waals surface area (Å²) in [5.74, 6) is -2.83. The summed E-state index contributed by atoms with van der Waals surface area (Å²) in [6.45, 7) is 1.55. The Hall–Kier alpha value is -3.27. The second-order valence-corrected chi connectivity index (χ2v) is 9.14. The Labute approximate surface area is 206 Å². The van der Waals surface area contributed by atoms with E-state index >= 15 is 0 Å². The highest BCUT2D eigenvalue weighted by Gasteiger charge is 2.88. The number of epoxide rings is 1. The van der Waals surface area contributed by atoms with Gasteiger partial charge in [-0.3, -0.25) is 4.79 Å². The van der Waals surface area contributed by atoms with Crippen molar-refractivity contribution in [1.29, 1.82) is 0 Å². The first kappa shape index (κ1) is 26.8. The minimum absolute atomic E-state index is 0.105. The lowest BCUT2D eigenvalue weighted by molar-refractivity contribution is -0.292. The fourth-order valence-electron chi connectivity index (χ4n) is 4.79. The summed E-state index contributed by atoms with van der Waals surface area (Å²) in [6, 6.07) is 16.7. The van der Waals surface area contributed by atoms with Gasteiger partial charge in [0.2, 0.25) is 0 Å². The molecular formula is C27H20F8O2. The Morgan fingerprint density at radius 1 is 0.811 bits per heavy atom. The minimum atomic E-state index is -5.89. The van der Waals surface area contributed by atoms with Crippen LogP contribution in [0.1, 0.15) is 28.7 Å². The van der Waals surface area contributed by atoms with Crippen LogP contribution in [-0.4, -0.2) is 29.8 Å². The number of benzene rings is 3. The maximum atomic E-state index is 14.6. The van der Waals surface area contributed by atoms with Crippen LogP contribution >= 0.6 is 0 Å². The van der Waals surface area contributed by atoms with Crippen LogP contribution in [0, 0.1) is 18.6 Å². The summed E-state index contributed by atoms with van der Waals surface area (Å²) < 4.78 is 113. The van der Waals surface area contributed by atoms with Gasteiger partial charge < -0.3 is 4.74 Å². The summed E-state index contributed by atoms with van der Waals surface area (Å²) in [4.78, 5) is 13.2. The van der Waals surface area contributed by atoms with Crippen LogP contribution < -0.4 is 0 Å². The van der Waals surface area contributed by atoms with Gasteiger partial charge in [-0.25, -0.2) is 8.78 Å². The SMILES string of the molecule is Cc1cc(F)cc([C@@](CC(=O)C2OC2(C(F)(F)F)C(F)(F)F)(Cc2ccccc2)c2ccc(F)cc2)c1. The van der Waals surface area contributed by atoms with E-state index < -0.39 is 53.3 Å². The molecule has 0 radical (unpaired) electrons. The number of Topliss-reactive ketones (excluding diaryl/α,β-unsaturated/α-hetero) is 1. The Balaban J connectivity index is 1.89. The van der Waals surface area contributed by atoms with E-state index in [2.05, 4.69) is 4.74 Å². The molecule has 3 aromatic rings. The molecule has 2 atom stereocenters. The van der Waals surface area contributed by atoms with E-state index in [4.69, 9.17) is 0 Å². The lowest BCUT2D eigenvalue weighted by Crippen LogP contribution is -2.50. The Bertz CT molecular complexity index is 1250. The van der Waals surface area contributed by atoms with Crippen molar-refractivity contribution >= 4 is 5.78 Å². The van der Waals surface area contributed by atoms with Gasteiger partial charge in [-0.15, -0.1) is 0 Å². The monoisotopic (exact) mass is 528 g/mol. The summed E-state index contributed by atoms with van der Waals surface area (Å²) >= 11 is 0. The largest absolute Gasteiger partial charge is 0.429 e. The molecule has 1 heterocycles. The van der Waals surface area contributed by atoms with Crippen molar-refractivity contribution in [3.8, 4) is 0 Å². The maximum absolute atomic E-state index is 14.6. The third-order valence-corrected chi connectivity index (χ3v) is 6.57. The van der Waals surface area contributed by atoms with Crippen LogP contribution in [0.25, 0.3) is 0 Å². The maximum Gasteiger partial charge on any atom is 0.429 e. The van der Waals surface area contributed by atoms with E-state index in [0.29, 0.717) is 11.1 Å². The third-order valence-electron chi connectivity index (χ3n) is 6.57. The first-order valence-corrected chi connectivity index (χ1v) is 11.1. The number of halogens is 8. The number of ketones is 1. The highest BCUT2D eigenvalue weighted by atomic mass is 19.4. The zero-order chi connectivity index (χ0) is 27.2. The molecule has 0 aliphatic carbocycles. The molecule has 1 saturated heterocycles. The van der Waals surface area contributed by atoms with Crippen molar-refractivity contribution in [3.05, 3.63) is 107 Å². The highest BCUT2D eigenvalue weighted by molar-refractivity contribution is 5.89. The number of hydrogen-bond acceptors (Lipinski definition) is 2. The number of aryl methyl sites for hydroxylation is 1. The number of alkyl halides is 6. The van der Waals surface area contributed by atoms with Crippen molar-refractivity contribution < 1.29 is 44.7 Å². The molecule has 37 heavy (non-hydrogen) atoms. The quantitative estimate of drug-likeness (QED) is 0.244. The van der Waals surface area contributed by atoms with E-state index in [0.717, 1.165) is 18.2 Å². The molecule has 0 bridgehead atoms. The van der Waals surface area contributed by atoms with Crippen molar-refractivity contribution in [2.45, 2.75) is 49.2 Å². The van der Waals surface area contributed by atoms with E-state index in [9.17, 15) is 39.9 Å². The topological polar surface area (TPSA) is 29.6 Å². The lowest BCUT2D eigenvalue weighted by Gasteiger charge is -2.35. The molecule has 0 amide bonds. The van der Waals surface area contributed by atoms with Crippen LogP contribution in [0.3, 0.4) is 0 Å². The normalized spacial score (nSPS) is 18.8. The Morgan fingerprint density at radius 2 is 1.41 bits per heavy atom. The Morgan fingerprint density at radius 3 is 1.92 bits per heavy atom. The van der Waals surface area contributed by atoms with E-state index in [1.165, 1.54) is 24.3 Å². The number of carbonyl (C=O) groups excluding carboxylic acids is 1. The molecular weight excluding hydrogens is 508 g/mol. The van der Waals surface area contributed by atoms with Gasteiger partial charge in [0.25, 0.3) is 5.60 Å². The molecule has 0 spiro atoms. The van der Waals surface area contributed by atoms with Crippen molar-refractivity contribution in [2.75, 3.05) is 0 Å². The van der Waals surface area contributed by atoms with E-state index in [1.807, 2.05) is 0 Å². The van der Waals surface area contributed by atoms with Gasteiger partial charge in [0.05, 0.1) is 0 Å². The second-order valence-electron chi connectivity index (χ2n) is 9.14. The molecule has 1 fully saturated rings. The number of carbonyl (C=O) groups is 1. The molecule has 2 nitrogen and oxygen atoms in total. The van der Waals surface area contributed by atoms with E-state index in [1.54, 1.807) is 37.3 Å². The summed E-state index contributed by atoms with van der Waals surface area (Å²) in [7, 11) is 0. The standard InChI is InChI=1S/C27H20F8O2/c1-16-11-19(13-21(29)12-16)24(14-17-5-3-2-4-6-17,18-7-9-20(28)10-8-18)15-22(36)23-25(37-23,26(30,31)32)27(33,34)35/h2-13,23H,14-15H2,1H3/t23?,24-/m1/s1. The number of ether oxygens (including phenoxy) is 1. The number of hydrogen-bond donors (Lipinski definition) is 0. The minimum Gasteiger partial charge on any atom is -0.340 e. The van der Waals surface area contributed by atoms with Gasteiger partial charge >= 0.3 is 12.4 Å². The molecule has 0 aromatic heterocycles. The zero-order valence-corrected chi connectivity index (χ0v) is 19.3. The lowest BCUT2D eigenvalue weighted by atomic mass is 9.66. The van der Waals surface area contributed by atoms with Crippen LogP contribution in [0.2, 0.25) is 0 Å². The molecule has 0 N–H and O–H groups in total. The van der Waals surface area contributed by atoms with Crippen molar-refractivity contribution in [2.24, 2.45) is 0 Å². The second kappa shape index (κ2) is 9.24. The van der Waals surface area contributed by atoms with Gasteiger partial charge in [0, 0.05) is 11.8 Å². The van der Waals surface area contributed by atoms with Gasteiger partial charge in [-0.2, -0.15) is 26.3 Å². The average Bonchev–Trinajstić information content (AvgIpc) is 3.57. The summed E-state index contributed by atoms with van der Waals surface area (Å²) in [5.41, 5.74) is -4.94. The predicted molar refractivity (Wildman–Crippen MR) is 118 cm³/mol. The molecule has 196 valence electrons. The third kappa shape index (κ3) is 4.86. The van der Waals surface area contributed by atoms with Gasteiger partial charge in [0.15, 0.2) is 11.9 Å². The molecule has 3 aromatic carbocycles. The predicted octanol–water partition coefficient (Wildman–Crippen LogP) is 7.02. The average molecular weight is 528 g/mol. The Kier molecular flexibility index (Phi) is 6.69.